The first-order valence-electron chi connectivity index (χ1n) is 10.6. The zero-order valence-electron chi connectivity index (χ0n) is 17.3. The predicted molar refractivity (Wildman–Crippen MR) is 117 cm³/mol. The molecule has 0 aromatic heterocycles. The molecule has 2 rings (SSSR count). The van der Waals surface area contributed by atoms with Crippen LogP contribution in [0.5, 0.6) is 0 Å². The molecule has 2 atom stereocenters. The Hall–Kier alpha value is -2.70. The molecule has 0 heterocycles. The van der Waals surface area contributed by atoms with Crippen LogP contribution in [-0.2, 0) is 9.59 Å². The normalized spacial score (nSPS) is 12.9. The second-order valence-corrected chi connectivity index (χ2v) is 7.39. The average Bonchev–Trinajstić information content (AvgIpc) is 2.75. The summed E-state index contributed by atoms with van der Waals surface area (Å²) in [7, 11) is 0. The van der Waals surface area contributed by atoms with Crippen molar-refractivity contribution in [2.75, 3.05) is 13.1 Å². The van der Waals surface area contributed by atoms with Gasteiger partial charge < -0.3 is 20.8 Å². The van der Waals surface area contributed by atoms with Crippen molar-refractivity contribution in [1.82, 2.24) is 10.6 Å². The smallest absolute Gasteiger partial charge is 0.303 e. The van der Waals surface area contributed by atoms with Crippen LogP contribution in [0.2, 0.25) is 0 Å². The van der Waals surface area contributed by atoms with Gasteiger partial charge in [0, 0.05) is 12.8 Å². The van der Waals surface area contributed by atoms with E-state index in [9.17, 15) is 9.59 Å². The molecule has 0 saturated carbocycles. The Bertz CT molecular complexity index is 687. The van der Waals surface area contributed by atoms with E-state index < -0.39 is 11.9 Å². The first-order valence-corrected chi connectivity index (χ1v) is 10.6. The van der Waals surface area contributed by atoms with E-state index in [4.69, 9.17) is 10.2 Å². The number of carbonyl (C=O) groups is 2. The minimum atomic E-state index is -0.764. The lowest BCUT2D eigenvalue weighted by atomic mass is 9.93. The molecule has 6 heteroatoms. The minimum absolute atomic E-state index is 0.0119. The molecule has 0 aliphatic rings. The summed E-state index contributed by atoms with van der Waals surface area (Å²) in [5.74, 6) is -1.53. The minimum Gasteiger partial charge on any atom is -0.481 e. The molecule has 6 nitrogen and oxygen atoms in total. The van der Waals surface area contributed by atoms with Crippen molar-refractivity contribution >= 4 is 11.9 Å². The third kappa shape index (κ3) is 8.76. The van der Waals surface area contributed by atoms with E-state index in [0.29, 0.717) is 12.8 Å². The third-order valence-electron chi connectivity index (χ3n) is 5.01. The van der Waals surface area contributed by atoms with Gasteiger partial charge in [-0.1, -0.05) is 60.7 Å². The van der Waals surface area contributed by atoms with E-state index in [0.717, 1.165) is 37.1 Å². The second-order valence-electron chi connectivity index (χ2n) is 7.39. The lowest BCUT2D eigenvalue weighted by Crippen LogP contribution is -2.36. The molecule has 0 unspecified atom stereocenters. The van der Waals surface area contributed by atoms with Gasteiger partial charge >= 0.3 is 11.9 Å². The molecule has 0 aliphatic heterocycles. The second kappa shape index (κ2) is 13.5. The molecule has 0 fully saturated rings. The van der Waals surface area contributed by atoms with Crippen LogP contribution in [0.15, 0.2) is 60.7 Å². The highest BCUT2D eigenvalue weighted by Gasteiger charge is 2.23. The van der Waals surface area contributed by atoms with Crippen LogP contribution in [0.1, 0.15) is 61.7 Å². The van der Waals surface area contributed by atoms with Crippen molar-refractivity contribution in [2.24, 2.45) is 0 Å². The van der Waals surface area contributed by atoms with Crippen molar-refractivity contribution in [2.45, 2.75) is 50.6 Å². The van der Waals surface area contributed by atoms with Crippen molar-refractivity contribution in [3.8, 4) is 0 Å². The molecule has 0 bridgehead atoms. The fraction of sp³-hybridized carbons (Fsp3) is 0.417. The lowest BCUT2D eigenvalue weighted by molar-refractivity contribution is -0.138. The van der Waals surface area contributed by atoms with Crippen LogP contribution in [0, 0.1) is 0 Å². The first kappa shape index (κ1) is 23.6. The van der Waals surface area contributed by atoms with Gasteiger partial charge in [-0.25, -0.2) is 0 Å². The summed E-state index contributed by atoms with van der Waals surface area (Å²) >= 11 is 0. The van der Waals surface area contributed by atoms with Crippen LogP contribution < -0.4 is 10.6 Å². The Morgan fingerprint density at radius 2 is 1.00 bits per heavy atom. The monoisotopic (exact) mass is 412 g/mol. The topological polar surface area (TPSA) is 98.7 Å². The third-order valence-corrected chi connectivity index (χ3v) is 5.01. The molecule has 2 aromatic rings. The summed E-state index contributed by atoms with van der Waals surface area (Å²) in [5, 5.41) is 24.9. The number of carboxylic acid groups (broad SMARTS) is 2. The highest BCUT2D eigenvalue weighted by molar-refractivity contribution is 5.66. The van der Waals surface area contributed by atoms with Crippen LogP contribution in [0.25, 0.3) is 0 Å². The molecule has 0 amide bonds. The van der Waals surface area contributed by atoms with Gasteiger partial charge in [0.05, 0.1) is 12.1 Å². The Morgan fingerprint density at radius 1 is 0.633 bits per heavy atom. The van der Waals surface area contributed by atoms with Gasteiger partial charge in [-0.05, 0) is 49.9 Å². The van der Waals surface area contributed by atoms with E-state index in [2.05, 4.69) is 34.9 Å². The molecular weight excluding hydrogens is 380 g/mol. The summed E-state index contributed by atoms with van der Waals surface area (Å²) in [6.07, 6.45) is 3.22. The van der Waals surface area contributed by atoms with E-state index >= 15 is 0 Å². The molecule has 30 heavy (non-hydrogen) atoms. The first-order chi connectivity index (χ1) is 14.6. The van der Waals surface area contributed by atoms with Gasteiger partial charge in [-0.15, -0.1) is 0 Å². The number of benzene rings is 2. The van der Waals surface area contributed by atoms with Crippen LogP contribution >= 0.6 is 0 Å². The fourth-order valence-electron chi connectivity index (χ4n) is 3.49. The summed E-state index contributed by atoms with van der Waals surface area (Å²) in [5.41, 5.74) is 2.31. The van der Waals surface area contributed by atoms with E-state index in [1.54, 1.807) is 0 Å². The van der Waals surface area contributed by atoms with Gasteiger partial charge in [0.15, 0.2) is 0 Å². The number of aliphatic carboxylic acids is 2. The maximum Gasteiger partial charge on any atom is 0.303 e. The summed E-state index contributed by atoms with van der Waals surface area (Å²) in [6, 6.07) is 20.5. The molecule has 2 aromatic carbocycles. The lowest BCUT2D eigenvalue weighted by Gasteiger charge is -2.30. The van der Waals surface area contributed by atoms with Crippen LogP contribution in [-0.4, -0.2) is 35.2 Å². The van der Waals surface area contributed by atoms with Crippen molar-refractivity contribution < 1.29 is 19.8 Å². The number of nitrogens with one attached hydrogen (secondary N) is 2. The zero-order valence-corrected chi connectivity index (χ0v) is 17.3. The molecule has 162 valence electrons. The summed E-state index contributed by atoms with van der Waals surface area (Å²) in [4.78, 5) is 21.5. The Balaban J connectivity index is 2.10. The number of hydrogen-bond donors (Lipinski definition) is 4. The van der Waals surface area contributed by atoms with Crippen molar-refractivity contribution in [1.29, 1.82) is 0 Å². The number of rotatable bonds is 15. The average molecular weight is 413 g/mol. The Labute approximate surface area is 178 Å². The molecule has 0 saturated heterocycles. The van der Waals surface area contributed by atoms with Crippen molar-refractivity contribution in [3.05, 3.63) is 71.8 Å². The van der Waals surface area contributed by atoms with E-state index in [1.807, 2.05) is 36.4 Å². The fourth-order valence-corrected chi connectivity index (χ4v) is 3.49. The molecule has 0 aliphatic carbocycles. The zero-order chi connectivity index (χ0) is 21.6. The van der Waals surface area contributed by atoms with Crippen LogP contribution in [0.3, 0.4) is 0 Å². The van der Waals surface area contributed by atoms with Gasteiger partial charge in [-0.2, -0.15) is 0 Å². The highest BCUT2D eigenvalue weighted by atomic mass is 16.4. The molecule has 0 spiro atoms. The molecule has 0 radical (unpaired) electrons. The number of hydrogen-bond acceptors (Lipinski definition) is 4. The maximum atomic E-state index is 10.8. The highest BCUT2D eigenvalue weighted by Crippen LogP contribution is 2.29. The van der Waals surface area contributed by atoms with E-state index in [-0.39, 0.29) is 24.9 Å². The summed E-state index contributed by atoms with van der Waals surface area (Å²) < 4.78 is 0. The molecule has 4 N–H and O–H groups in total. The van der Waals surface area contributed by atoms with E-state index in [1.165, 1.54) is 0 Å². The quantitative estimate of drug-likeness (QED) is 0.328. The Morgan fingerprint density at radius 3 is 1.33 bits per heavy atom. The van der Waals surface area contributed by atoms with Crippen LogP contribution in [0.4, 0.5) is 0 Å². The SMILES string of the molecule is O=C(O)CCCCN[C@H](c1ccccc1)[C@H](NCCCCC(=O)O)c1ccccc1. The standard InChI is InChI=1S/C24H32N2O4/c27-21(28)15-7-9-17-25-23(19-11-3-1-4-12-19)24(20-13-5-2-6-14-20)26-18-10-8-16-22(29)30/h1-6,11-14,23-26H,7-10,15-18H2,(H,27,28)(H,29,30)/t23-,24-/m1/s1. The Kier molecular flexibility index (Phi) is 10.6. The maximum absolute atomic E-state index is 10.8. The predicted octanol–water partition coefficient (Wildman–Crippen LogP) is 4.16. The largest absolute Gasteiger partial charge is 0.481 e. The van der Waals surface area contributed by atoms with Gasteiger partial charge in [0.2, 0.25) is 0 Å². The van der Waals surface area contributed by atoms with Gasteiger partial charge in [-0.3, -0.25) is 9.59 Å². The molecular formula is C24H32N2O4. The number of carboxylic acids is 2. The van der Waals surface area contributed by atoms with Crippen molar-refractivity contribution in [3.63, 3.8) is 0 Å². The number of unbranched alkanes of at least 4 members (excludes halogenated alkanes) is 2. The van der Waals surface area contributed by atoms with Gasteiger partial charge in [0.1, 0.15) is 0 Å². The van der Waals surface area contributed by atoms with Gasteiger partial charge in [0.25, 0.3) is 0 Å². The summed E-state index contributed by atoms with van der Waals surface area (Å²) in [6.45, 7) is 1.44.